The van der Waals surface area contributed by atoms with Crippen LogP contribution in [0.15, 0.2) is 54.9 Å². The molecule has 126 valence electrons. The van der Waals surface area contributed by atoms with E-state index < -0.39 is 11.7 Å². The molecule has 3 aromatic rings. The average Bonchev–Trinajstić information content (AvgIpc) is 2.59. The molecule has 0 unspecified atom stereocenters. The zero-order chi connectivity index (χ0) is 17.8. The molecule has 25 heavy (non-hydrogen) atoms. The van der Waals surface area contributed by atoms with E-state index in [-0.39, 0.29) is 5.56 Å². The summed E-state index contributed by atoms with van der Waals surface area (Å²) < 4.78 is 13.1. The fourth-order valence-corrected chi connectivity index (χ4v) is 2.32. The second-order valence-electron chi connectivity index (χ2n) is 5.30. The van der Waals surface area contributed by atoms with Crippen LogP contribution in [0.2, 0.25) is 5.02 Å². The summed E-state index contributed by atoms with van der Waals surface area (Å²) in [4.78, 5) is 20.4. The molecule has 0 aliphatic rings. The maximum atomic E-state index is 13.1. The van der Waals surface area contributed by atoms with Crippen LogP contribution in [-0.4, -0.2) is 15.9 Å². The predicted octanol–water partition coefficient (Wildman–Crippen LogP) is 4.57. The van der Waals surface area contributed by atoms with Crippen molar-refractivity contribution in [1.82, 2.24) is 9.97 Å². The van der Waals surface area contributed by atoms with Crippen molar-refractivity contribution in [3.05, 3.63) is 76.8 Å². The molecule has 0 spiro atoms. The molecule has 7 heteroatoms. The minimum atomic E-state index is -0.425. The van der Waals surface area contributed by atoms with Crippen molar-refractivity contribution in [3.63, 3.8) is 0 Å². The van der Waals surface area contributed by atoms with E-state index in [4.69, 9.17) is 11.6 Å². The van der Waals surface area contributed by atoms with Gasteiger partial charge in [0, 0.05) is 28.8 Å². The first-order valence-corrected chi connectivity index (χ1v) is 7.82. The molecule has 2 N–H and O–H groups in total. The minimum absolute atomic E-state index is 0.262. The zero-order valence-electron chi connectivity index (χ0n) is 13.3. The Bertz CT molecular complexity index is 915. The van der Waals surface area contributed by atoms with E-state index in [0.717, 1.165) is 11.3 Å². The van der Waals surface area contributed by atoms with Crippen LogP contribution in [-0.2, 0) is 0 Å². The highest BCUT2D eigenvalue weighted by Gasteiger charge is 2.09. The summed E-state index contributed by atoms with van der Waals surface area (Å²) in [6, 6.07) is 11.1. The summed E-state index contributed by atoms with van der Waals surface area (Å²) in [5, 5.41) is 6.27. The van der Waals surface area contributed by atoms with Crippen LogP contribution in [0.5, 0.6) is 0 Å². The van der Waals surface area contributed by atoms with Gasteiger partial charge in [0.05, 0.1) is 5.56 Å². The van der Waals surface area contributed by atoms with Gasteiger partial charge in [0.1, 0.15) is 5.82 Å². The maximum Gasteiger partial charge on any atom is 0.258 e. The van der Waals surface area contributed by atoms with Gasteiger partial charge in [0.25, 0.3) is 5.91 Å². The smallest absolute Gasteiger partial charge is 0.258 e. The quantitative estimate of drug-likeness (QED) is 0.718. The van der Waals surface area contributed by atoms with E-state index in [1.807, 2.05) is 19.1 Å². The number of nitrogens with one attached hydrogen (secondary N) is 2. The number of anilines is 3. The third kappa shape index (κ3) is 4.10. The van der Waals surface area contributed by atoms with Gasteiger partial charge in [0.15, 0.2) is 0 Å². The summed E-state index contributed by atoms with van der Waals surface area (Å²) in [7, 11) is 0. The lowest BCUT2D eigenvalue weighted by molar-refractivity contribution is 0.102. The van der Waals surface area contributed by atoms with Crippen LogP contribution in [0.1, 0.15) is 15.9 Å². The van der Waals surface area contributed by atoms with Gasteiger partial charge in [-0.1, -0.05) is 23.7 Å². The van der Waals surface area contributed by atoms with Gasteiger partial charge in [-0.2, -0.15) is 0 Å². The number of hydrogen-bond donors (Lipinski definition) is 2. The summed E-state index contributed by atoms with van der Waals surface area (Å²) in [6.45, 7) is 1.88. The first-order chi connectivity index (χ1) is 12.0. The van der Waals surface area contributed by atoms with Gasteiger partial charge < -0.3 is 10.6 Å². The molecule has 0 saturated heterocycles. The van der Waals surface area contributed by atoms with Gasteiger partial charge >= 0.3 is 0 Å². The SMILES string of the molecule is Cc1c(Cl)cccc1Nc1ncc(C(=O)Nc2cccc(F)c2)cn1. The molecule has 0 saturated carbocycles. The van der Waals surface area contributed by atoms with E-state index in [9.17, 15) is 9.18 Å². The molecular formula is C18H14ClFN4O. The largest absolute Gasteiger partial charge is 0.324 e. The molecule has 1 amide bonds. The molecule has 0 aliphatic carbocycles. The van der Waals surface area contributed by atoms with Gasteiger partial charge in [-0.15, -0.1) is 0 Å². The topological polar surface area (TPSA) is 66.9 Å². The number of rotatable bonds is 4. The lowest BCUT2D eigenvalue weighted by Crippen LogP contribution is -2.13. The van der Waals surface area contributed by atoms with Gasteiger partial charge in [-0.25, -0.2) is 14.4 Å². The Hall–Kier alpha value is -2.99. The van der Waals surface area contributed by atoms with Gasteiger partial charge in [-0.3, -0.25) is 4.79 Å². The molecule has 5 nitrogen and oxygen atoms in total. The highest BCUT2D eigenvalue weighted by atomic mass is 35.5. The lowest BCUT2D eigenvalue weighted by atomic mass is 10.2. The Labute approximate surface area is 148 Å². The van der Waals surface area contributed by atoms with E-state index in [1.165, 1.54) is 30.6 Å². The number of halogens is 2. The van der Waals surface area contributed by atoms with E-state index >= 15 is 0 Å². The Morgan fingerprint density at radius 3 is 2.56 bits per heavy atom. The summed E-state index contributed by atoms with van der Waals surface area (Å²) in [5.74, 6) is -0.505. The highest BCUT2D eigenvalue weighted by molar-refractivity contribution is 6.31. The number of nitrogens with zero attached hydrogens (tertiary/aromatic N) is 2. The normalized spacial score (nSPS) is 10.4. The summed E-state index contributed by atoms with van der Waals surface area (Å²) in [6.07, 6.45) is 2.79. The molecule has 1 heterocycles. The summed E-state index contributed by atoms with van der Waals surface area (Å²) >= 11 is 6.07. The Kier molecular flexibility index (Phi) is 4.90. The molecule has 0 fully saturated rings. The maximum absolute atomic E-state index is 13.1. The molecule has 0 atom stereocenters. The molecule has 0 aliphatic heterocycles. The fourth-order valence-electron chi connectivity index (χ4n) is 2.14. The lowest BCUT2D eigenvalue weighted by Gasteiger charge is -2.09. The molecule has 2 aromatic carbocycles. The van der Waals surface area contributed by atoms with Crippen LogP contribution in [0.25, 0.3) is 0 Å². The zero-order valence-corrected chi connectivity index (χ0v) is 14.0. The van der Waals surface area contributed by atoms with Crippen molar-refractivity contribution in [2.24, 2.45) is 0 Å². The van der Waals surface area contributed by atoms with E-state index in [2.05, 4.69) is 20.6 Å². The van der Waals surface area contributed by atoms with Crippen LogP contribution >= 0.6 is 11.6 Å². The van der Waals surface area contributed by atoms with Crippen molar-refractivity contribution >= 4 is 34.8 Å². The van der Waals surface area contributed by atoms with E-state index in [0.29, 0.717) is 16.7 Å². The van der Waals surface area contributed by atoms with Crippen molar-refractivity contribution in [2.75, 3.05) is 10.6 Å². The monoisotopic (exact) mass is 356 g/mol. The standard InChI is InChI=1S/C18H14ClFN4O/c1-11-15(19)6-3-7-16(11)24-18-21-9-12(10-22-18)17(25)23-14-5-2-4-13(20)8-14/h2-10H,1H3,(H,23,25)(H,21,22,24). The Morgan fingerprint density at radius 1 is 1.12 bits per heavy atom. The van der Waals surface area contributed by atoms with Crippen LogP contribution < -0.4 is 10.6 Å². The molecular weight excluding hydrogens is 343 g/mol. The van der Waals surface area contributed by atoms with Crippen molar-refractivity contribution in [1.29, 1.82) is 0 Å². The van der Waals surface area contributed by atoms with Crippen LogP contribution in [0, 0.1) is 12.7 Å². The molecule has 1 aromatic heterocycles. The number of carbonyl (C=O) groups excluding carboxylic acids is 1. The summed E-state index contributed by atoms with van der Waals surface area (Å²) in [5.41, 5.74) is 2.28. The molecule has 0 radical (unpaired) electrons. The second kappa shape index (κ2) is 7.27. The average molecular weight is 357 g/mol. The first kappa shape index (κ1) is 16.9. The number of hydrogen-bond acceptors (Lipinski definition) is 4. The van der Waals surface area contributed by atoms with Crippen LogP contribution in [0.4, 0.5) is 21.7 Å². The molecule has 0 bridgehead atoms. The Balaban J connectivity index is 1.71. The van der Waals surface area contributed by atoms with Gasteiger partial charge in [-0.05, 0) is 42.8 Å². The first-order valence-electron chi connectivity index (χ1n) is 7.44. The Morgan fingerprint density at radius 2 is 1.84 bits per heavy atom. The highest BCUT2D eigenvalue weighted by Crippen LogP contribution is 2.24. The van der Waals surface area contributed by atoms with Gasteiger partial charge in [0.2, 0.25) is 5.95 Å². The third-order valence-electron chi connectivity index (χ3n) is 3.51. The van der Waals surface area contributed by atoms with Crippen molar-refractivity contribution in [2.45, 2.75) is 6.92 Å². The number of carbonyl (C=O) groups is 1. The molecule has 3 rings (SSSR count). The number of aromatic nitrogens is 2. The number of amides is 1. The van der Waals surface area contributed by atoms with E-state index in [1.54, 1.807) is 12.1 Å². The van der Waals surface area contributed by atoms with Crippen LogP contribution in [0.3, 0.4) is 0 Å². The van der Waals surface area contributed by atoms with Crippen molar-refractivity contribution < 1.29 is 9.18 Å². The number of benzene rings is 2. The third-order valence-corrected chi connectivity index (χ3v) is 3.92. The van der Waals surface area contributed by atoms with Crippen molar-refractivity contribution in [3.8, 4) is 0 Å². The predicted molar refractivity (Wildman–Crippen MR) is 95.9 cm³/mol. The fraction of sp³-hybridized carbons (Fsp3) is 0.0556. The second-order valence-corrected chi connectivity index (χ2v) is 5.70. The minimum Gasteiger partial charge on any atom is -0.324 e.